The van der Waals surface area contributed by atoms with Crippen molar-refractivity contribution in [2.24, 2.45) is 0 Å². The Morgan fingerprint density at radius 1 is 1.45 bits per heavy atom. The molecule has 0 amide bonds. The van der Waals surface area contributed by atoms with Crippen LogP contribution in [0.2, 0.25) is 0 Å². The summed E-state index contributed by atoms with van der Waals surface area (Å²) in [6.07, 6.45) is -0.0541. The molecule has 0 heterocycles. The Morgan fingerprint density at radius 3 is 2.00 bits per heavy atom. The molecular weight excluding hydrogens is 179 g/mol. The van der Waals surface area contributed by atoms with Crippen LogP contribution >= 0.6 is 7.82 Å². The first-order valence-corrected chi connectivity index (χ1v) is 3.72. The van der Waals surface area contributed by atoms with Crippen molar-refractivity contribution in [2.45, 2.75) is 0 Å². The molecule has 0 saturated heterocycles. The summed E-state index contributed by atoms with van der Waals surface area (Å²) in [5, 5.41) is 16.1. The molecule has 0 aromatic carbocycles. The summed E-state index contributed by atoms with van der Waals surface area (Å²) in [6.45, 7) is 0. The Bertz CT molecular complexity index is 224. The number of carbonyl (C=O) groups is 1. The van der Waals surface area contributed by atoms with E-state index in [2.05, 4.69) is 4.52 Å². The van der Waals surface area contributed by atoms with Gasteiger partial charge >= 0.3 is 13.8 Å². The highest BCUT2D eigenvalue weighted by molar-refractivity contribution is 7.46. The molecular formula is C3H5O7P. The quantitative estimate of drug-likeness (QED) is 0.266. The van der Waals surface area contributed by atoms with Gasteiger partial charge in [0.2, 0.25) is 5.76 Å². The number of phosphoric acid groups is 1. The van der Waals surface area contributed by atoms with Gasteiger partial charge in [-0.05, 0) is 0 Å². The smallest absolute Gasteiger partial charge is 0.511 e. The fourth-order valence-corrected chi connectivity index (χ4v) is 0.627. The summed E-state index contributed by atoms with van der Waals surface area (Å²) in [6, 6.07) is 0. The van der Waals surface area contributed by atoms with Crippen molar-refractivity contribution in [2.75, 3.05) is 0 Å². The predicted octanol–water partition coefficient (Wildman–Crippen LogP) is -0.420. The number of hydrogen-bond acceptors (Lipinski definition) is 4. The van der Waals surface area contributed by atoms with E-state index in [0.29, 0.717) is 0 Å². The SMILES string of the molecule is O=C(O)C(=CO)OP(=O)(O)O. The van der Waals surface area contributed by atoms with E-state index in [1.165, 1.54) is 0 Å². The Labute approximate surface area is 60.8 Å². The average molecular weight is 184 g/mol. The molecule has 0 aromatic rings. The lowest BCUT2D eigenvalue weighted by Gasteiger charge is -2.04. The van der Waals surface area contributed by atoms with Gasteiger partial charge in [-0.3, -0.25) is 9.79 Å². The molecule has 0 aliphatic rings. The minimum atomic E-state index is -4.90. The van der Waals surface area contributed by atoms with Gasteiger partial charge in [0.1, 0.15) is 6.26 Å². The molecule has 0 saturated carbocycles. The van der Waals surface area contributed by atoms with Crippen LogP contribution in [0.5, 0.6) is 0 Å². The maximum Gasteiger partial charge on any atom is 0.525 e. The Kier molecular flexibility index (Phi) is 3.06. The molecule has 11 heavy (non-hydrogen) atoms. The number of aliphatic hydroxyl groups is 1. The summed E-state index contributed by atoms with van der Waals surface area (Å²) >= 11 is 0. The first-order valence-electron chi connectivity index (χ1n) is 2.19. The van der Waals surface area contributed by atoms with Crippen LogP contribution in [0.15, 0.2) is 12.0 Å². The van der Waals surface area contributed by atoms with E-state index >= 15 is 0 Å². The molecule has 64 valence electrons. The molecule has 0 aliphatic carbocycles. The second-order valence-corrected chi connectivity index (χ2v) is 2.54. The van der Waals surface area contributed by atoms with Crippen molar-refractivity contribution in [3.63, 3.8) is 0 Å². The fourth-order valence-electron chi connectivity index (χ4n) is 0.246. The van der Waals surface area contributed by atoms with Crippen LogP contribution in [0.3, 0.4) is 0 Å². The van der Waals surface area contributed by atoms with E-state index in [-0.39, 0.29) is 6.26 Å². The van der Waals surface area contributed by atoms with E-state index in [0.717, 1.165) is 0 Å². The third kappa shape index (κ3) is 4.38. The fraction of sp³-hybridized carbons (Fsp3) is 0. The van der Waals surface area contributed by atoms with Gasteiger partial charge in [-0.25, -0.2) is 9.36 Å². The van der Waals surface area contributed by atoms with Crippen LogP contribution in [0, 0.1) is 0 Å². The van der Waals surface area contributed by atoms with Crippen molar-refractivity contribution < 1.29 is 33.9 Å². The van der Waals surface area contributed by atoms with Gasteiger partial charge in [0.15, 0.2) is 0 Å². The largest absolute Gasteiger partial charge is 0.525 e. The first-order chi connectivity index (χ1) is 4.87. The molecule has 7 nitrogen and oxygen atoms in total. The number of hydrogen-bond donors (Lipinski definition) is 4. The standard InChI is InChI=1S/C3H5O7P/c4-1-2(3(5)6)10-11(7,8)9/h1,4H,(H,5,6)(H2,7,8,9). The zero-order valence-electron chi connectivity index (χ0n) is 5.04. The minimum absolute atomic E-state index is 0.0541. The van der Waals surface area contributed by atoms with Gasteiger partial charge in [-0.2, -0.15) is 0 Å². The average Bonchev–Trinajstić information content (AvgIpc) is 1.80. The molecule has 0 unspecified atom stereocenters. The summed E-state index contributed by atoms with van der Waals surface area (Å²) in [5.41, 5.74) is 0. The summed E-state index contributed by atoms with van der Waals surface area (Å²) < 4.78 is 13.5. The van der Waals surface area contributed by atoms with Crippen molar-refractivity contribution in [3.8, 4) is 0 Å². The van der Waals surface area contributed by atoms with Gasteiger partial charge in [-0.15, -0.1) is 0 Å². The second kappa shape index (κ2) is 3.38. The van der Waals surface area contributed by atoms with Gasteiger partial charge in [-0.1, -0.05) is 0 Å². The third-order valence-corrected chi connectivity index (χ3v) is 0.980. The van der Waals surface area contributed by atoms with E-state index in [4.69, 9.17) is 20.0 Å². The van der Waals surface area contributed by atoms with E-state index in [9.17, 15) is 9.36 Å². The zero-order chi connectivity index (χ0) is 9.07. The lowest BCUT2D eigenvalue weighted by atomic mass is 10.6. The van der Waals surface area contributed by atoms with Gasteiger partial charge in [0, 0.05) is 0 Å². The maximum absolute atomic E-state index is 9.96. The molecule has 0 bridgehead atoms. The van der Waals surface area contributed by atoms with Crippen LogP contribution in [-0.4, -0.2) is 26.0 Å². The second-order valence-electron chi connectivity index (χ2n) is 1.38. The highest BCUT2D eigenvalue weighted by Gasteiger charge is 2.22. The molecule has 4 N–H and O–H groups in total. The van der Waals surface area contributed by atoms with Crippen molar-refractivity contribution in [1.82, 2.24) is 0 Å². The third-order valence-electron chi connectivity index (χ3n) is 0.545. The van der Waals surface area contributed by atoms with Crippen molar-refractivity contribution in [1.29, 1.82) is 0 Å². The summed E-state index contributed by atoms with van der Waals surface area (Å²) in [7, 11) is -4.90. The van der Waals surface area contributed by atoms with E-state index in [1.54, 1.807) is 0 Å². The number of phosphoric ester groups is 1. The van der Waals surface area contributed by atoms with Crippen LogP contribution < -0.4 is 0 Å². The predicted molar refractivity (Wildman–Crippen MR) is 31.5 cm³/mol. The monoisotopic (exact) mass is 184 g/mol. The number of carboxylic acids is 1. The number of aliphatic hydroxyl groups excluding tert-OH is 1. The van der Waals surface area contributed by atoms with Gasteiger partial charge in [0.25, 0.3) is 0 Å². The Morgan fingerprint density at radius 2 is 1.91 bits per heavy atom. The van der Waals surface area contributed by atoms with Crippen LogP contribution in [0.4, 0.5) is 0 Å². The Balaban J connectivity index is 4.37. The number of rotatable bonds is 3. The first kappa shape index (κ1) is 9.96. The Hall–Kier alpha value is -1.04. The van der Waals surface area contributed by atoms with Crippen molar-refractivity contribution in [3.05, 3.63) is 12.0 Å². The summed E-state index contributed by atoms with van der Waals surface area (Å²) in [4.78, 5) is 26.0. The molecule has 8 heteroatoms. The molecule has 0 atom stereocenters. The number of aliphatic carboxylic acids is 1. The summed E-state index contributed by atoms with van der Waals surface area (Å²) in [5.74, 6) is -2.98. The van der Waals surface area contributed by atoms with Gasteiger partial charge < -0.3 is 14.7 Å². The van der Waals surface area contributed by atoms with Gasteiger partial charge in [0.05, 0.1) is 0 Å². The molecule has 0 radical (unpaired) electrons. The topological polar surface area (TPSA) is 124 Å². The minimum Gasteiger partial charge on any atom is -0.511 e. The lowest BCUT2D eigenvalue weighted by Crippen LogP contribution is -2.03. The van der Waals surface area contributed by atoms with Crippen molar-refractivity contribution >= 4 is 13.8 Å². The normalized spacial score (nSPS) is 12.7. The molecule has 0 aromatic heterocycles. The highest BCUT2D eigenvalue weighted by Crippen LogP contribution is 2.38. The molecule has 0 fully saturated rings. The van der Waals surface area contributed by atoms with Crippen LogP contribution in [-0.2, 0) is 13.9 Å². The lowest BCUT2D eigenvalue weighted by molar-refractivity contribution is -0.135. The number of carboxylic acid groups (broad SMARTS) is 1. The molecule has 0 aliphatic heterocycles. The zero-order valence-corrected chi connectivity index (χ0v) is 5.93. The van der Waals surface area contributed by atoms with E-state index < -0.39 is 19.6 Å². The highest BCUT2D eigenvalue weighted by atomic mass is 31.2. The molecule has 0 spiro atoms. The molecule has 0 rings (SSSR count). The van der Waals surface area contributed by atoms with E-state index in [1.807, 2.05) is 0 Å². The maximum atomic E-state index is 9.96. The van der Waals surface area contributed by atoms with Crippen LogP contribution in [0.25, 0.3) is 0 Å². The van der Waals surface area contributed by atoms with Crippen LogP contribution in [0.1, 0.15) is 0 Å².